The highest BCUT2D eigenvalue weighted by Gasteiger charge is 2.19. The lowest BCUT2D eigenvalue weighted by atomic mass is 9.86. The molecule has 0 fully saturated rings. The third-order valence-electron chi connectivity index (χ3n) is 2.05. The molecule has 0 aliphatic heterocycles. The normalized spacial score (nSPS) is 11.4. The number of benzene rings is 1. The van der Waals surface area contributed by atoms with E-state index in [1.54, 1.807) is 6.07 Å². The Hall–Kier alpha value is -1.02. The first-order valence-corrected chi connectivity index (χ1v) is 4.72. The molecule has 0 spiro atoms. The Balaban J connectivity index is 3.36. The molecule has 0 radical (unpaired) electrons. The van der Waals surface area contributed by atoms with Gasteiger partial charge < -0.3 is 5.11 Å². The standard InChI is InChI=1S/C11H13ClO2/c1-11(2,3)8-5-10(14)7(6-13)4-9(8)12/h4-6,14H,1-3H3. The van der Waals surface area contributed by atoms with Crippen molar-refractivity contribution in [3.63, 3.8) is 0 Å². The van der Waals surface area contributed by atoms with Crippen molar-refractivity contribution >= 4 is 17.9 Å². The number of rotatable bonds is 1. The Morgan fingerprint density at radius 1 is 1.36 bits per heavy atom. The molecule has 0 atom stereocenters. The van der Waals surface area contributed by atoms with Gasteiger partial charge in [-0.15, -0.1) is 0 Å². The second kappa shape index (κ2) is 3.62. The van der Waals surface area contributed by atoms with Gasteiger partial charge in [-0.1, -0.05) is 32.4 Å². The third-order valence-corrected chi connectivity index (χ3v) is 2.36. The summed E-state index contributed by atoms with van der Waals surface area (Å²) >= 11 is 5.99. The van der Waals surface area contributed by atoms with E-state index >= 15 is 0 Å². The van der Waals surface area contributed by atoms with Crippen molar-refractivity contribution in [2.24, 2.45) is 0 Å². The lowest BCUT2D eigenvalue weighted by Crippen LogP contribution is -2.12. The molecule has 0 saturated carbocycles. The van der Waals surface area contributed by atoms with Crippen LogP contribution >= 0.6 is 11.6 Å². The van der Waals surface area contributed by atoms with Gasteiger partial charge in [-0.3, -0.25) is 4.79 Å². The van der Waals surface area contributed by atoms with Crippen molar-refractivity contribution in [3.05, 3.63) is 28.3 Å². The van der Waals surface area contributed by atoms with Gasteiger partial charge in [-0.25, -0.2) is 0 Å². The second-order valence-electron chi connectivity index (χ2n) is 4.26. The number of aromatic hydroxyl groups is 1. The van der Waals surface area contributed by atoms with Crippen molar-refractivity contribution < 1.29 is 9.90 Å². The third kappa shape index (κ3) is 2.07. The molecule has 0 heterocycles. The summed E-state index contributed by atoms with van der Waals surface area (Å²) < 4.78 is 0. The van der Waals surface area contributed by atoms with Crippen molar-refractivity contribution in [2.75, 3.05) is 0 Å². The fraction of sp³-hybridized carbons (Fsp3) is 0.364. The lowest BCUT2D eigenvalue weighted by molar-refractivity contribution is 0.112. The largest absolute Gasteiger partial charge is 0.507 e. The van der Waals surface area contributed by atoms with Crippen LogP contribution in [-0.4, -0.2) is 11.4 Å². The molecule has 0 aromatic heterocycles. The molecule has 0 aliphatic rings. The van der Waals surface area contributed by atoms with E-state index in [9.17, 15) is 9.90 Å². The van der Waals surface area contributed by atoms with Crippen LogP contribution in [0.25, 0.3) is 0 Å². The van der Waals surface area contributed by atoms with Crippen molar-refractivity contribution in [1.82, 2.24) is 0 Å². The summed E-state index contributed by atoms with van der Waals surface area (Å²) in [6.45, 7) is 5.98. The maximum atomic E-state index is 10.5. The first-order valence-electron chi connectivity index (χ1n) is 4.34. The number of hydrogen-bond acceptors (Lipinski definition) is 2. The SMILES string of the molecule is CC(C)(C)c1cc(O)c(C=O)cc1Cl. The van der Waals surface area contributed by atoms with Crippen molar-refractivity contribution in [2.45, 2.75) is 26.2 Å². The maximum absolute atomic E-state index is 10.5. The Morgan fingerprint density at radius 3 is 2.36 bits per heavy atom. The van der Waals surface area contributed by atoms with Crippen LogP contribution in [0.2, 0.25) is 5.02 Å². The van der Waals surface area contributed by atoms with Gasteiger partial charge >= 0.3 is 0 Å². The summed E-state index contributed by atoms with van der Waals surface area (Å²) in [5.74, 6) is -0.0191. The molecule has 0 unspecified atom stereocenters. The van der Waals surface area contributed by atoms with Gasteiger partial charge in [0.1, 0.15) is 5.75 Å². The number of halogens is 1. The number of carbonyl (C=O) groups excluding carboxylic acids is 1. The number of phenols is 1. The first kappa shape index (κ1) is 11.1. The number of phenolic OH excluding ortho intramolecular Hbond substituents is 1. The minimum atomic E-state index is -0.143. The predicted molar refractivity (Wildman–Crippen MR) is 57.2 cm³/mol. The molecule has 1 aromatic carbocycles. The van der Waals surface area contributed by atoms with Crippen LogP contribution in [0.1, 0.15) is 36.7 Å². The van der Waals surface area contributed by atoms with E-state index in [4.69, 9.17) is 11.6 Å². The van der Waals surface area contributed by atoms with Gasteiger partial charge in [0.25, 0.3) is 0 Å². The van der Waals surface area contributed by atoms with Gasteiger partial charge in [0.05, 0.1) is 5.56 Å². The molecule has 76 valence electrons. The van der Waals surface area contributed by atoms with Crippen LogP contribution in [0, 0.1) is 0 Å². The summed E-state index contributed by atoms with van der Waals surface area (Å²) in [5.41, 5.74) is 0.918. The highest BCUT2D eigenvalue weighted by molar-refractivity contribution is 6.31. The minimum Gasteiger partial charge on any atom is -0.507 e. The maximum Gasteiger partial charge on any atom is 0.153 e. The molecule has 0 aliphatic carbocycles. The van der Waals surface area contributed by atoms with E-state index in [-0.39, 0.29) is 16.7 Å². The fourth-order valence-corrected chi connectivity index (χ4v) is 1.70. The molecular weight excluding hydrogens is 200 g/mol. The molecule has 1 aromatic rings. The van der Waals surface area contributed by atoms with E-state index in [0.29, 0.717) is 11.3 Å². The molecule has 0 bridgehead atoms. The molecule has 3 heteroatoms. The lowest BCUT2D eigenvalue weighted by Gasteiger charge is -2.21. The summed E-state index contributed by atoms with van der Waals surface area (Å²) in [5, 5.41) is 10.0. The molecule has 1 rings (SSSR count). The number of hydrogen-bond donors (Lipinski definition) is 1. The van der Waals surface area contributed by atoms with Crippen LogP contribution in [0.3, 0.4) is 0 Å². The van der Waals surface area contributed by atoms with Gasteiger partial charge in [-0.05, 0) is 23.1 Å². The Bertz CT molecular complexity index is 364. The first-order chi connectivity index (χ1) is 6.36. The van der Waals surface area contributed by atoms with Crippen LogP contribution in [0.4, 0.5) is 0 Å². The van der Waals surface area contributed by atoms with Gasteiger partial charge in [0.15, 0.2) is 6.29 Å². The molecule has 0 saturated heterocycles. The Kier molecular flexibility index (Phi) is 2.86. The van der Waals surface area contributed by atoms with Gasteiger partial charge in [-0.2, -0.15) is 0 Å². The molecule has 0 amide bonds. The fourth-order valence-electron chi connectivity index (χ4n) is 1.25. The molecule has 2 nitrogen and oxygen atoms in total. The van der Waals surface area contributed by atoms with Gasteiger partial charge in [0.2, 0.25) is 0 Å². The highest BCUT2D eigenvalue weighted by atomic mass is 35.5. The van der Waals surface area contributed by atoms with Crippen molar-refractivity contribution in [3.8, 4) is 5.75 Å². The summed E-state index contributed by atoms with van der Waals surface area (Å²) in [7, 11) is 0. The summed E-state index contributed by atoms with van der Waals surface area (Å²) in [6.07, 6.45) is 0.591. The minimum absolute atomic E-state index is 0.0191. The zero-order chi connectivity index (χ0) is 10.9. The van der Waals surface area contributed by atoms with E-state index in [1.165, 1.54) is 6.07 Å². The van der Waals surface area contributed by atoms with E-state index in [1.807, 2.05) is 20.8 Å². The molecular formula is C11H13ClO2. The molecule has 1 N–H and O–H groups in total. The topological polar surface area (TPSA) is 37.3 Å². The van der Waals surface area contributed by atoms with Crippen LogP contribution < -0.4 is 0 Å². The average Bonchev–Trinajstić information content (AvgIpc) is 2.06. The van der Waals surface area contributed by atoms with Crippen molar-refractivity contribution in [1.29, 1.82) is 0 Å². The second-order valence-corrected chi connectivity index (χ2v) is 4.67. The quantitative estimate of drug-likeness (QED) is 0.727. The van der Waals surface area contributed by atoms with Crippen LogP contribution in [-0.2, 0) is 5.41 Å². The summed E-state index contributed by atoms with van der Waals surface area (Å²) in [4.78, 5) is 10.5. The summed E-state index contributed by atoms with van der Waals surface area (Å²) in [6, 6.07) is 3.04. The Labute approximate surface area is 88.5 Å². The zero-order valence-corrected chi connectivity index (χ0v) is 9.22. The van der Waals surface area contributed by atoms with E-state index in [2.05, 4.69) is 0 Å². The number of carbonyl (C=O) groups is 1. The predicted octanol–water partition coefficient (Wildman–Crippen LogP) is 3.16. The molecule has 14 heavy (non-hydrogen) atoms. The van der Waals surface area contributed by atoms with E-state index in [0.717, 1.165) is 5.56 Å². The van der Waals surface area contributed by atoms with Gasteiger partial charge in [0, 0.05) is 5.02 Å². The highest BCUT2D eigenvalue weighted by Crippen LogP contribution is 2.33. The van der Waals surface area contributed by atoms with Crippen LogP contribution in [0.5, 0.6) is 5.75 Å². The average molecular weight is 213 g/mol. The Morgan fingerprint density at radius 2 is 1.93 bits per heavy atom. The zero-order valence-electron chi connectivity index (χ0n) is 8.47. The smallest absolute Gasteiger partial charge is 0.153 e. The monoisotopic (exact) mass is 212 g/mol. The number of aldehydes is 1. The van der Waals surface area contributed by atoms with E-state index < -0.39 is 0 Å². The van der Waals surface area contributed by atoms with Crippen LogP contribution in [0.15, 0.2) is 12.1 Å².